The third-order valence-corrected chi connectivity index (χ3v) is 2.02. The van der Waals surface area contributed by atoms with Crippen molar-refractivity contribution >= 4 is 6.79 Å². The van der Waals surface area contributed by atoms with Crippen LogP contribution >= 0.6 is 0 Å². The van der Waals surface area contributed by atoms with Crippen LogP contribution in [-0.4, -0.2) is 6.79 Å². The molecule has 1 aromatic rings. The summed E-state index contributed by atoms with van der Waals surface area (Å²) in [7, 11) is 0. The van der Waals surface area contributed by atoms with E-state index in [1.165, 1.54) is 30.4 Å². The van der Waals surface area contributed by atoms with Gasteiger partial charge in [-0.05, 0) is 24.0 Å². The van der Waals surface area contributed by atoms with Crippen LogP contribution in [0.3, 0.4) is 0 Å². The molecule has 0 fully saturated rings. The summed E-state index contributed by atoms with van der Waals surface area (Å²) in [5.41, 5.74) is 3.03. The van der Waals surface area contributed by atoms with Gasteiger partial charge in [0.1, 0.15) is 6.79 Å². The Morgan fingerprint density at radius 3 is 1.75 bits per heavy atom. The first kappa shape index (κ1) is 17.3. The number of rotatable bonds is 3. The quantitative estimate of drug-likeness (QED) is 0.739. The van der Waals surface area contributed by atoms with Gasteiger partial charge < -0.3 is 4.79 Å². The molecule has 0 saturated carbocycles. The van der Waals surface area contributed by atoms with Gasteiger partial charge in [-0.2, -0.15) is 0 Å². The molecule has 0 N–H and O–H groups in total. The van der Waals surface area contributed by atoms with E-state index >= 15 is 0 Å². The van der Waals surface area contributed by atoms with Crippen LogP contribution in [-0.2, 0) is 17.6 Å². The van der Waals surface area contributed by atoms with Crippen LogP contribution in [0.2, 0.25) is 0 Å². The highest BCUT2D eigenvalue weighted by Gasteiger charge is 1.96. The van der Waals surface area contributed by atoms with Crippen molar-refractivity contribution < 1.29 is 4.79 Å². The molecule has 0 radical (unpaired) electrons. The molecule has 0 aliphatic heterocycles. The summed E-state index contributed by atoms with van der Waals surface area (Å²) in [6, 6.07) is 8.72. The van der Waals surface area contributed by atoms with E-state index in [1.807, 2.05) is 6.79 Å². The molecular weight excluding hydrogens is 196 g/mol. The summed E-state index contributed by atoms with van der Waals surface area (Å²) in [5.74, 6) is 0. The van der Waals surface area contributed by atoms with Crippen molar-refractivity contribution in [3.8, 4) is 0 Å². The molecule has 16 heavy (non-hydrogen) atoms. The molecule has 1 nitrogen and oxygen atoms in total. The Bertz CT molecular complexity index is 243. The summed E-state index contributed by atoms with van der Waals surface area (Å²) >= 11 is 0. The van der Waals surface area contributed by atoms with Crippen LogP contribution < -0.4 is 0 Å². The Hall–Kier alpha value is -1.11. The number of carbonyl (C=O) groups excluding carboxylic acids is 1. The molecule has 0 amide bonds. The zero-order valence-corrected chi connectivity index (χ0v) is 11.3. The highest BCUT2D eigenvalue weighted by molar-refractivity contribution is 5.26. The predicted molar refractivity (Wildman–Crippen MR) is 72.9 cm³/mol. The summed E-state index contributed by atoms with van der Waals surface area (Å²) in [4.78, 5) is 8.00. The molecule has 1 rings (SSSR count). The lowest BCUT2D eigenvalue weighted by molar-refractivity contribution is -0.0979. The average Bonchev–Trinajstić information content (AvgIpc) is 2.34. The van der Waals surface area contributed by atoms with Gasteiger partial charge in [0.05, 0.1) is 0 Å². The monoisotopic (exact) mass is 222 g/mol. The molecule has 0 saturated heterocycles. The van der Waals surface area contributed by atoms with Crippen molar-refractivity contribution in [2.45, 2.75) is 53.4 Å². The van der Waals surface area contributed by atoms with Crippen molar-refractivity contribution in [3.63, 3.8) is 0 Å². The summed E-state index contributed by atoms with van der Waals surface area (Å²) in [6.07, 6.45) is 4.89. The largest absolute Gasteiger partial charge is 0.307 e. The number of aryl methyl sites for hydroxylation is 2. The lowest BCUT2D eigenvalue weighted by Gasteiger charge is -2.04. The Kier molecular flexibility index (Phi) is 15.0. The maximum absolute atomic E-state index is 8.00. The lowest BCUT2D eigenvalue weighted by atomic mass is 10.0. The van der Waals surface area contributed by atoms with E-state index in [1.54, 1.807) is 0 Å². The van der Waals surface area contributed by atoms with E-state index in [-0.39, 0.29) is 0 Å². The van der Waals surface area contributed by atoms with E-state index < -0.39 is 0 Å². The van der Waals surface area contributed by atoms with Gasteiger partial charge in [0.2, 0.25) is 0 Å². The highest BCUT2D eigenvalue weighted by Crippen LogP contribution is 2.10. The van der Waals surface area contributed by atoms with Crippen molar-refractivity contribution in [2.75, 3.05) is 0 Å². The molecule has 0 spiro atoms. The van der Waals surface area contributed by atoms with Gasteiger partial charge in [0.25, 0.3) is 0 Å². The standard InChI is InChI=1S/C11H16.C3H8.CH2O/c1-3-7-11-9-6-5-8-10(11)4-2;1-3-2;1-2/h5-6,8-9H,3-4,7H2,1-2H3;3H2,1-2H3;1H2. The molecule has 0 bridgehead atoms. The van der Waals surface area contributed by atoms with Gasteiger partial charge in [0.15, 0.2) is 0 Å². The molecule has 92 valence electrons. The minimum absolute atomic E-state index is 1.16. The smallest absolute Gasteiger partial charge is 0.106 e. The van der Waals surface area contributed by atoms with Gasteiger partial charge in [-0.15, -0.1) is 0 Å². The molecule has 0 unspecified atom stereocenters. The fourth-order valence-corrected chi connectivity index (χ4v) is 1.42. The fraction of sp³-hybridized carbons (Fsp3) is 0.533. The SMILES string of the molecule is C=O.CCC.CCCc1ccccc1CC. The first-order valence-electron chi connectivity index (χ1n) is 6.15. The maximum atomic E-state index is 8.00. The Balaban J connectivity index is 0. The number of carbonyl (C=O) groups is 1. The zero-order chi connectivity index (χ0) is 12.8. The van der Waals surface area contributed by atoms with E-state index in [9.17, 15) is 0 Å². The van der Waals surface area contributed by atoms with Gasteiger partial charge >= 0.3 is 0 Å². The summed E-state index contributed by atoms with van der Waals surface area (Å²) in [6.45, 7) is 10.7. The summed E-state index contributed by atoms with van der Waals surface area (Å²) < 4.78 is 0. The predicted octanol–water partition coefficient (Wildman–Crippen LogP) is 4.43. The maximum Gasteiger partial charge on any atom is 0.106 e. The fourth-order valence-electron chi connectivity index (χ4n) is 1.42. The van der Waals surface area contributed by atoms with Gasteiger partial charge in [-0.3, -0.25) is 0 Å². The number of benzene rings is 1. The van der Waals surface area contributed by atoms with E-state index in [2.05, 4.69) is 52.0 Å². The highest BCUT2D eigenvalue weighted by atomic mass is 16.1. The normalized spacial score (nSPS) is 8.25. The van der Waals surface area contributed by atoms with Gasteiger partial charge in [-0.1, -0.05) is 64.8 Å². The molecule has 0 heterocycles. The minimum atomic E-state index is 1.16. The molecule has 0 aromatic heterocycles. The van der Waals surface area contributed by atoms with E-state index in [4.69, 9.17) is 4.79 Å². The molecule has 0 aliphatic carbocycles. The molecule has 0 atom stereocenters. The third-order valence-electron chi connectivity index (χ3n) is 2.02. The Morgan fingerprint density at radius 2 is 1.38 bits per heavy atom. The number of hydrogen-bond donors (Lipinski definition) is 0. The van der Waals surface area contributed by atoms with Crippen LogP contribution in [0.1, 0.15) is 51.7 Å². The van der Waals surface area contributed by atoms with Crippen molar-refractivity contribution in [1.82, 2.24) is 0 Å². The first-order chi connectivity index (χ1) is 7.79. The van der Waals surface area contributed by atoms with Crippen molar-refractivity contribution in [3.05, 3.63) is 35.4 Å². The van der Waals surface area contributed by atoms with Gasteiger partial charge in [-0.25, -0.2) is 0 Å². The lowest BCUT2D eigenvalue weighted by Crippen LogP contribution is -1.90. The average molecular weight is 222 g/mol. The topological polar surface area (TPSA) is 17.1 Å². The van der Waals surface area contributed by atoms with Crippen molar-refractivity contribution in [2.24, 2.45) is 0 Å². The molecule has 0 aliphatic rings. The molecule has 1 aromatic carbocycles. The first-order valence-corrected chi connectivity index (χ1v) is 6.15. The Labute approximate surface area is 101 Å². The van der Waals surface area contributed by atoms with Crippen LogP contribution in [0.15, 0.2) is 24.3 Å². The van der Waals surface area contributed by atoms with Crippen LogP contribution in [0, 0.1) is 0 Å². The third kappa shape index (κ3) is 8.22. The minimum Gasteiger partial charge on any atom is -0.307 e. The van der Waals surface area contributed by atoms with Gasteiger partial charge in [0, 0.05) is 0 Å². The second kappa shape index (κ2) is 13.9. The van der Waals surface area contributed by atoms with Crippen molar-refractivity contribution in [1.29, 1.82) is 0 Å². The van der Waals surface area contributed by atoms with Crippen LogP contribution in [0.4, 0.5) is 0 Å². The Morgan fingerprint density at radius 1 is 0.938 bits per heavy atom. The number of hydrogen-bond acceptors (Lipinski definition) is 1. The van der Waals surface area contributed by atoms with Crippen LogP contribution in [0.5, 0.6) is 0 Å². The van der Waals surface area contributed by atoms with Crippen LogP contribution in [0.25, 0.3) is 0 Å². The zero-order valence-electron chi connectivity index (χ0n) is 11.3. The molecule has 1 heteroatoms. The second-order valence-corrected chi connectivity index (χ2v) is 3.58. The van der Waals surface area contributed by atoms with E-state index in [0.29, 0.717) is 0 Å². The summed E-state index contributed by atoms with van der Waals surface area (Å²) in [5, 5.41) is 0. The molecular formula is C15H26O. The van der Waals surface area contributed by atoms with E-state index in [0.717, 1.165) is 6.42 Å². The second-order valence-electron chi connectivity index (χ2n) is 3.58.